The van der Waals surface area contributed by atoms with Crippen LogP contribution < -0.4 is 13.8 Å². The molecule has 2 aromatic rings. The molecule has 0 aliphatic rings. The Morgan fingerprint density at radius 2 is 1.66 bits per heavy atom. The maximum atomic E-state index is 14.0. The van der Waals surface area contributed by atoms with E-state index in [9.17, 15) is 8.42 Å². The Morgan fingerprint density at radius 1 is 1.03 bits per heavy atom. The van der Waals surface area contributed by atoms with Crippen molar-refractivity contribution >= 4 is 15.9 Å². The maximum Gasteiger partial charge on any atom is 0.304 e. The predicted molar refractivity (Wildman–Crippen MR) is 128 cm³/mol. The summed E-state index contributed by atoms with van der Waals surface area (Å²) >= 11 is 0. The first-order valence-corrected chi connectivity index (χ1v) is 12.5. The average Bonchev–Trinajstić information content (AvgIpc) is 3.16. The van der Waals surface area contributed by atoms with E-state index >= 15 is 0 Å². The van der Waals surface area contributed by atoms with E-state index in [0.717, 1.165) is 12.8 Å². The van der Waals surface area contributed by atoms with Gasteiger partial charge in [-0.05, 0) is 42.9 Å². The molecule has 0 fully saturated rings. The summed E-state index contributed by atoms with van der Waals surface area (Å²) in [5.41, 5.74) is 1.23. The Bertz CT molecular complexity index is 945. The zero-order chi connectivity index (χ0) is 23.9. The fourth-order valence-electron chi connectivity index (χ4n) is 3.29. The lowest BCUT2D eigenvalue weighted by Gasteiger charge is -2.31. The standard InChI is InChI=1S/C23H38N4O4S/c1-18(2)10-12-26(13-11-19(3)4)32(28,29)27(21-15-24-25(5)17-21)16-20-14-22(30-6)8-9-23(20)31-7/h8-9,14-15,17-19H,10-13,16H2,1-7H3. The van der Waals surface area contributed by atoms with Crippen LogP contribution in [-0.4, -0.2) is 49.8 Å². The van der Waals surface area contributed by atoms with Crippen LogP contribution in [0.3, 0.4) is 0 Å². The van der Waals surface area contributed by atoms with Gasteiger partial charge in [-0.25, -0.2) is 4.31 Å². The van der Waals surface area contributed by atoms with Crippen molar-refractivity contribution in [1.29, 1.82) is 0 Å². The van der Waals surface area contributed by atoms with Gasteiger partial charge in [0.1, 0.15) is 11.5 Å². The minimum absolute atomic E-state index is 0.105. The molecule has 0 amide bonds. The molecular weight excluding hydrogens is 428 g/mol. The van der Waals surface area contributed by atoms with Crippen LogP contribution in [0.5, 0.6) is 11.5 Å². The number of hydrogen-bond acceptors (Lipinski definition) is 5. The quantitative estimate of drug-likeness (QED) is 0.444. The molecule has 0 spiro atoms. The van der Waals surface area contributed by atoms with Gasteiger partial charge in [0.25, 0.3) is 0 Å². The topological polar surface area (TPSA) is 76.9 Å². The highest BCUT2D eigenvalue weighted by atomic mass is 32.2. The number of hydrogen-bond donors (Lipinski definition) is 0. The Hall–Kier alpha value is -2.26. The first-order chi connectivity index (χ1) is 15.1. The summed E-state index contributed by atoms with van der Waals surface area (Å²) in [5, 5.41) is 4.21. The minimum Gasteiger partial charge on any atom is -0.497 e. The molecule has 1 heterocycles. The molecule has 9 heteroatoms. The van der Waals surface area contributed by atoms with Crippen molar-refractivity contribution in [3.8, 4) is 11.5 Å². The maximum absolute atomic E-state index is 14.0. The predicted octanol–water partition coefficient (Wildman–Crippen LogP) is 4.08. The van der Waals surface area contributed by atoms with Crippen LogP contribution in [0.15, 0.2) is 30.6 Å². The highest BCUT2D eigenvalue weighted by molar-refractivity contribution is 7.90. The molecule has 0 unspecified atom stereocenters. The van der Waals surface area contributed by atoms with Gasteiger partial charge in [0, 0.05) is 31.9 Å². The van der Waals surface area contributed by atoms with Crippen molar-refractivity contribution in [2.45, 2.75) is 47.1 Å². The molecule has 0 N–H and O–H groups in total. The third-order valence-electron chi connectivity index (χ3n) is 5.30. The van der Waals surface area contributed by atoms with E-state index < -0.39 is 10.2 Å². The second-order valence-corrected chi connectivity index (χ2v) is 10.7. The molecule has 8 nitrogen and oxygen atoms in total. The fraction of sp³-hybridized carbons (Fsp3) is 0.609. The van der Waals surface area contributed by atoms with Gasteiger partial charge in [0.05, 0.1) is 32.6 Å². The lowest BCUT2D eigenvalue weighted by Crippen LogP contribution is -2.45. The van der Waals surface area contributed by atoms with Crippen LogP contribution in [0.25, 0.3) is 0 Å². The molecule has 0 aliphatic heterocycles. The summed E-state index contributed by atoms with van der Waals surface area (Å²) < 4.78 is 43.4. The average molecular weight is 467 g/mol. The highest BCUT2D eigenvalue weighted by Gasteiger charge is 2.32. The normalized spacial score (nSPS) is 12.1. The van der Waals surface area contributed by atoms with Gasteiger partial charge >= 0.3 is 10.2 Å². The van der Waals surface area contributed by atoms with Crippen LogP contribution in [0.4, 0.5) is 5.69 Å². The van der Waals surface area contributed by atoms with Crippen LogP contribution in [0.1, 0.15) is 46.1 Å². The SMILES string of the molecule is COc1ccc(OC)c(CN(c2cnn(C)c2)S(=O)(=O)N(CCC(C)C)CCC(C)C)c1. The number of aryl methyl sites for hydroxylation is 1. The first-order valence-electron chi connectivity index (χ1n) is 11.1. The zero-order valence-corrected chi connectivity index (χ0v) is 21.2. The molecule has 0 bridgehead atoms. The number of rotatable bonds is 13. The Balaban J connectivity index is 2.50. The number of nitrogens with zero attached hydrogens (tertiary/aromatic N) is 4. The van der Waals surface area contributed by atoms with Gasteiger partial charge in [-0.15, -0.1) is 0 Å². The van der Waals surface area contributed by atoms with Gasteiger partial charge < -0.3 is 9.47 Å². The summed E-state index contributed by atoms with van der Waals surface area (Å²) in [7, 11) is 1.11. The third-order valence-corrected chi connectivity index (χ3v) is 7.21. The van der Waals surface area contributed by atoms with Gasteiger partial charge in [-0.2, -0.15) is 17.8 Å². The second kappa shape index (κ2) is 11.6. The van der Waals surface area contributed by atoms with Crippen molar-refractivity contribution < 1.29 is 17.9 Å². The summed E-state index contributed by atoms with van der Waals surface area (Å²) in [4.78, 5) is 0. The Kier molecular flexibility index (Phi) is 9.39. The van der Waals surface area contributed by atoms with E-state index in [1.54, 1.807) is 54.8 Å². The molecule has 1 aromatic heterocycles. The summed E-state index contributed by atoms with van der Waals surface area (Å²) in [5.74, 6) is 2.04. The molecule has 0 saturated heterocycles. The number of ether oxygens (including phenoxy) is 2. The van der Waals surface area contributed by atoms with Crippen LogP contribution in [0.2, 0.25) is 0 Å². The molecule has 32 heavy (non-hydrogen) atoms. The molecule has 0 radical (unpaired) electrons. The molecule has 0 aliphatic carbocycles. The van der Waals surface area contributed by atoms with E-state index in [0.29, 0.717) is 47.7 Å². The van der Waals surface area contributed by atoms with Crippen molar-refractivity contribution in [3.63, 3.8) is 0 Å². The first kappa shape index (κ1) is 26.0. The van der Waals surface area contributed by atoms with E-state index in [1.165, 1.54) is 4.31 Å². The lowest BCUT2D eigenvalue weighted by molar-refractivity contribution is 0.355. The van der Waals surface area contributed by atoms with Crippen LogP contribution in [0, 0.1) is 11.8 Å². The number of benzene rings is 1. The number of anilines is 1. The van der Waals surface area contributed by atoms with E-state index in [2.05, 4.69) is 32.8 Å². The third kappa shape index (κ3) is 6.87. The number of aromatic nitrogens is 2. The monoisotopic (exact) mass is 466 g/mol. The van der Waals surface area contributed by atoms with Crippen molar-refractivity contribution in [2.24, 2.45) is 18.9 Å². The van der Waals surface area contributed by atoms with E-state index in [-0.39, 0.29) is 6.54 Å². The Morgan fingerprint density at radius 3 is 2.12 bits per heavy atom. The van der Waals surface area contributed by atoms with Crippen molar-refractivity contribution in [1.82, 2.24) is 14.1 Å². The molecule has 180 valence electrons. The second-order valence-electron chi connectivity index (χ2n) is 8.83. The molecular formula is C23H38N4O4S. The van der Waals surface area contributed by atoms with Crippen LogP contribution in [-0.2, 0) is 23.8 Å². The zero-order valence-electron chi connectivity index (χ0n) is 20.4. The summed E-state index contributed by atoms with van der Waals surface area (Å²) in [6, 6.07) is 5.39. The van der Waals surface area contributed by atoms with Gasteiger partial charge in [-0.3, -0.25) is 4.68 Å². The Labute approximate surface area is 193 Å². The van der Waals surface area contributed by atoms with Crippen molar-refractivity contribution in [2.75, 3.05) is 31.6 Å². The summed E-state index contributed by atoms with van der Waals surface area (Å²) in [6.07, 6.45) is 4.88. The molecule has 1 aromatic carbocycles. The summed E-state index contributed by atoms with van der Waals surface area (Å²) in [6.45, 7) is 9.46. The fourth-order valence-corrected chi connectivity index (χ4v) is 4.90. The minimum atomic E-state index is -3.82. The smallest absolute Gasteiger partial charge is 0.304 e. The highest BCUT2D eigenvalue weighted by Crippen LogP contribution is 2.30. The lowest BCUT2D eigenvalue weighted by atomic mass is 10.1. The van der Waals surface area contributed by atoms with Crippen molar-refractivity contribution in [3.05, 3.63) is 36.2 Å². The van der Waals surface area contributed by atoms with Gasteiger partial charge in [0.15, 0.2) is 0 Å². The van der Waals surface area contributed by atoms with E-state index in [4.69, 9.17) is 9.47 Å². The van der Waals surface area contributed by atoms with Gasteiger partial charge in [0.2, 0.25) is 0 Å². The van der Waals surface area contributed by atoms with Crippen LogP contribution >= 0.6 is 0 Å². The molecule has 2 rings (SSSR count). The number of methoxy groups -OCH3 is 2. The van der Waals surface area contributed by atoms with E-state index in [1.807, 2.05) is 6.07 Å². The molecule has 0 saturated carbocycles. The largest absolute Gasteiger partial charge is 0.497 e. The van der Waals surface area contributed by atoms with Gasteiger partial charge in [-0.1, -0.05) is 27.7 Å². The molecule has 0 atom stereocenters.